The van der Waals surface area contributed by atoms with Crippen molar-refractivity contribution < 1.29 is 4.79 Å². The van der Waals surface area contributed by atoms with Crippen molar-refractivity contribution in [1.29, 1.82) is 0 Å². The van der Waals surface area contributed by atoms with Crippen LogP contribution in [0.5, 0.6) is 0 Å². The number of carbonyl (C=O) groups excluding carboxylic acids is 1. The lowest BCUT2D eigenvalue weighted by Gasteiger charge is -2.18. The van der Waals surface area contributed by atoms with Crippen molar-refractivity contribution in [3.05, 3.63) is 0 Å². The molecule has 1 atom stereocenters. The number of hydrogen-bond donors (Lipinski definition) is 2. The van der Waals surface area contributed by atoms with E-state index < -0.39 is 6.04 Å². The van der Waals surface area contributed by atoms with Crippen molar-refractivity contribution >= 4 is 5.91 Å². The Kier molecular flexibility index (Phi) is 3.53. The second kappa shape index (κ2) is 4.45. The van der Waals surface area contributed by atoms with E-state index in [4.69, 9.17) is 11.5 Å². The summed E-state index contributed by atoms with van der Waals surface area (Å²) in [6.07, 6.45) is 7.11. The van der Waals surface area contributed by atoms with Crippen LogP contribution in [0, 0.1) is 5.92 Å². The van der Waals surface area contributed by atoms with Crippen LogP contribution in [0.15, 0.2) is 0 Å². The van der Waals surface area contributed by atoms with Gasteiger partial charge in [0.25, 0.3) is 0 Å². The first-order valence-corrected chi connectivity index (χ1v) is 4.76. The number of primary amides is 1. The molecule has 4 N–H and O–H groups in total. The molecule has 0 aromatic heterocycles. The van der Waals surface area contributed by atoms with Crippen LogP contribution in [-0.4, -0.2) is 11.9 Å². The normalized spacial score (nSPS) is 23.1. The van der Waals surface area contributed by atoms with Crippen LogP contribution in [0.2, 0.25) is 0 Å². The van der Waals surface area contributed by atoms with E-state index in [1.807, 2.05) is 0 Å². The topological polar surface area (TPSA) is 69.1 Å². The Hall–Kier alpha value is -0.570. The van der Waals surface area contributed by atoms with Crippen molar-refractivity contribution in [2.75, 3.05) is 0 Å². The van der Waals surface area contributed by atoms with Crippen molar-refractivity contribution in [1.82, 2.24) is 0 Å². The van der Waals surface area contributed by atoms with Gasteiger partial charge in [-0.2, -0.15) is 0 Å². The van der Waals surface area contributed by atoms with E-state index in [2.05, 4.69) is 0 Å². The molecule has 0 aromatic rings. The van der Waals surface area contributed by atoms with Crippen LogP contribution in [0.25, 0.3) is 0 Å². The average molecular weight is 170 g/mol. The Labute approximate surface area is 73.5 Å². The molecule has 1 amide bonds. The van der Waals surface area contributed by atoms with Crippen molar-refractivity contribution in [2.45, 2.75) is 44.6 Å². The average Bonchev–Trinajstić information content (AvgIpc) is 2.30. The molecule has 0 radical (unpaired) electrons. The fourth-order valence-corrected chi connectivity index (χ4v) is 1.90. The van der Waals surface area contributed by atoms with E-state index in [1.165, 1.54) is 25.7 Å². The van der Waals surface area contributed by atoms with E-state index in [9.17, 15) is 4.79 Å². The minimum atomic E-state index is -0.414. The van der Waals surface area contributed by atoms with Crippen LogP contribution in [0.3, 0.4) is 0 Å². The van der Waals surface area contributed by atoms with E-state index in [0.717, 1.165) is 12.8 Å². The zero-order valence-electron chi connectivity index (χ0n) is 7.46. The Balaban J connectivity index is 2.42. The Bertz CT molecular complexity index is 151. The van der Waals surface area contributed by atoms with Gasteiger partial charge >= 0.3 is 0 Å². The molecule has 1 aliphatic carbocycles. The van der Waals surface area contributed by atoms with Gasteiger partial charge < -0.3 is 11.5 Å². The second-order valence-corrected chi connectivity index (χ2v) is 3.68. The number of nitrogens with two attached hydrogens (primary N) is 2. The molecular formula is C9H18N2O. The summed E-state index contributed by atoms with van der Waals surface area (Å²) in [5.74, 6) is -0.00750. The van der Waals surface area contributed by atoms with Gasteiger partial charge in [-0.05, 0) is 18.8 Å². The molecule has 12 heavy (non-hydrogen) atoms. The molecule has 0 aromatic carbocycles. The third-order valence-corrected chi connectivity index (χ3v) is 2.74. The van der Waals surface area contributed by atoms with Crippen molar-refractivity contribution in [3.8, 4) is 0 Å². The maximum Gasteiger partial charge on any atom is 0.234 e. The van der Waals surface area contributed by atoms with Gasteiger partial charge in [0, 0.05) is 0 Å². The van der Waals surface area contributed by atoms with E-state index in [1.54, 1.807) is 0 Å². The van der Waals surface area contributed by atoms with Gasteiger partial charge in [0.1, 0.15) is 0 Å². The minimum Gasteiger partial charge on any atom is -0.368 e. The summed E-state index contributed by atoms with van der Waals surface area (Å²) in [4.78, 5) is 10.8. The molecule has 3 nitrogen and oxygen atoms in total. The SMILES string of the molecule is NC(=O)C(N)C1CCCCCC1. The monoisotopic (exact) mass is 170 g/mol. The van der Waals surface area contributed by atoms with Crippen LogP contribution in [0.1, 0.15) is 38.5 Å². The first-order chi connectivity index (χ1) is 5.72. The summed E-state index contributed by atoms with van der Waals surface area (Å²) in [6, 6.07) is -0.414. The molecule has 1 saturated carbocycles. The molecule has 0 heterocycles. The Morgan fingerprint density at radius 2 is 1.67 bits per heavy atom. The lowest BCUT2D eigenvalue weighted by Crippen LogP contribution is -2.42. The summed E-state index contributed by atoms with van der Waals surface area (Å²) in [5.41, 5.74) is 10.8. The molecule has 0 saturated heterocycles. The third-order valence-electron chi connectivity index (χ3n) is 2.74. The summed E-state index contributed by atoms with van der Waals surface area (Å²) in [6.45, 7) is 0. The first kappa shape index (κ1) is 9.52. The van der Waals surface area contributed by atoms with E-state index in [-0.39, 0.29) is 5.91 Å². The minimum absolute atomic E-state index is 0.338. The third kappa shape index (κ3) is 2.48. The summed E-state index contributed by atoms with van der Waals surface area (Å²) in [7, 11) is 0. The van der Waals surface area contributed by atoms with Crippen molar-refractivity contribution in [3.63, 3.8) is 0 Å². The van der Waals surface area contributed by atoms with E-state index >= 15 is 0 Å². The highest BCUT2D eigenvalue weighted by Gasteiger charge is 2.22. The van der Waals surface area contributed by atoms with Crippen LogP contribution >= 0.6 is 0 Å². The smallest absolute Gasteiger partial charge is 0.234 e. The van der Waals surface area contributed by atoms with Gasteiger partial charge in [0.05, 0.1) is 6.04 Å². The highest BCUT2D eigenvalue weighted by Crippen LogP contribution is 2.24. The van der Waals surface area contributed by atoms with Gasteiger partial charge in [-0.3, -0.25) is 4.79 Å². The molecule has 0 aliphatic heterocycles. The number of amides is 1. The van der Waals surface area contributed by atoms with Crippen LogP contribution < -0.4 is 11.5 Å². The standard InChI is InChI=1S/C9H18N2O/c10-8(9(11)12)7-5-3-1-2-4-6-7/h7-8H,1-6,10H2,(H2,11,12). The van der Waals surface area contributed by atoms with Crippen molar-refractivity contribution in [2.24, 2.45) is 17.4 Å². The van der Waals surface area contributed by atoms with Gasteiger partial charge in [0.15, 0.2) is 0 Å². The Morgan fingerprint density at radius 3 is 2.08 bits per heavy atom. The fourth-order valence-electron chi connectivity index (χ4n) is 1.90. The van der Waals surface area contributed by atoms with E-state index in [0.29, 0.717) is 5.92 Å². The van der Waals surface area contributed by atoms with Gasteiger partial charge in [0.2, 0.25) is 5.91 Å². The number of carbonyl (C=O) groups is 1. The molecule has 3 heteroatoms. The molecule has 0 bridgehead atoms. The quantitative estimate of drug-likeness (QED) is 0.601. The zero-order chi connectivity index (χ0) is 8.97. The van der Waals surface area contributed by atoms with Gasteiger partial charge in [-0.15, -0.1) is 0 Å². The lowest BCUT2D eigenvalue weighted by molar-refractivity contribution is -0.120. The predicted octanol–water partition coefficient (Wildman–Crippen LogP) is 0.769. The molecular weight excluding hydrogens is 152 g/mol. The molecule has 1 aliphatic rings. The highest BCUT2D eigenvalue weighted by atomic mass is 16.1. The van der Waals surface area contributed by atoms with Crippen LogP contribution in [0.4, 0.5) is 0 Å². The number of rotatable bonds is 2. The lowest BCUT2D eigenvalue weighted by atomic mass is 9.92. The highest BCUT2D eigenvalue weighted by molar-refractivity contribution is 5.79. The number of hydrogen-bond acceptors (Lipinski definition) is 2. The fraction of sp³-hybridized carbons (Fsp3) is 0.889. The second-order valence-electron chi connectivity index (χ2n) is 3.68. The first-order valence-electron chi connectivity index (χ1n) is 4.76. The molecule has 1 unspecified atom stereocenters. The maximum atomic E-state index is 10.8. The molecule has 0 spiro atoms. The molecule has 1 rings (SSSR count). The maximum absolute atomic E-state index is 10.8. The predicted molar refractivity (Wildman–Crippen MR) is 48.4 cm³/mol. The summed E-state index contributed by atoms with van der Waals surface area (Å²) < 4.78 is 0. The van der Waals surface area contributed by atoms with Gasteiger partial charge in [-0.1, -0.05) is 25.7 Å². The molecule has 70 valence electrons. The van der Waals surface area contributed by atoms with Crippen LogP contribution in [-0.2, 0) is 4.79 Å². The van der Waals surface area contributed by atoms with Gasteiger partial charge in [-0.25, -0.2) is 0 Å². The summed E-state index contributed by atoms with van der Waals surface area (Å²) in [5, 5.41) is 0. The zero-order valence-corrected chi connectivity index (χ0v) is 7.46. The Morgan fingerprint density at radius 1 is 1.17 bits per heavy atom. The largest absolute Gasteiger partial charge is 0.368 e. The summed E-state index contributed by atoms with van der Waals surface area (Å²) >= 11 is 0. The molecule has 1 fully saturated rings.